The molecule has 1 aliphatic heterocycles. The Balaban J connectivity index is 1.82. The van der Waals surface area contributed by atoms with Crippen LogP contribution in [0.5, 0.6) is 0 Å². The van der Waals surface area contributed by atoms with E-state index in [1.165, 1.54) is 5.56 Å². The summed E-state index contributed by atoms with van der Waals surface area (Å²) in [5.41, 5.74) is 3.49. The molecule has 1 amide bonds. The molecule has 30 heavy (non-hydrogen) atoms. The summed E-state index contributed by atoms with van der Waals surface area (Å²) in [4.78, 5) is 27.6. The number of aryl methyl sites for hydroxylation is 1. The lowest BCUT2D eigenvalue weighted by molar-refractivity contribution is -0.153. The zero-order chi connectivity index (χ0) is 21.7. The molecule has 0 spiro atoms. The van der Waals surface area contributed by atoms with Gasteiger partial charge in [0.05, 0.1) is 6.61 Å². The van der Waals surface area contributed by atoms with Crippen molar-refractivity contribution in [3.63, 3.8) is 0 Å². The minimum atomic E-state index is -0.537. The fraction of sp³-hybridized carbons (Fsp3) is 0.440. The van der Waals surface area contributed by atoms with Crippen molar-refractivity contribution < 1.29 is 14.3 Å². The molecule has 5 heteroatoms. The van der Waals surface area contributed by atoms with E-state index in [-0.39, 0.29) is 22.7 Å². The second-order valence-corrected chi connectivity index (χ2v) is 9.73. The zero-order valence-electron chi connectivity index (χ0n) is 18.3. The summed E-state index contributed by atoms with van der Waals surface area (Å²) in [7, 11) is 0. The number of hydrogen-bond donors (Lipinski definition) is 0. The maximum Gasteiger partial charge on any atom is 0.329 e. The third kappa shape index (κ3) is 5.25. The molecule has 0 saturated carbocycles. The average Bonchev–Trinajstić information content (AvgIpc) is 3.18. The predicted molar refractivity (Wildman–Crippen MR) is 122 cm³/mol. The van der Waals surface area contributed by atoms with Gasteiger partial charge in [0, 0.05) is 12.2 Å². The summed E-state index contributed by atoms with van der Waals surface area (Å²) in [6, 6.07) is 17.9. The predicted octanol–water partition coefficient (Wildman–Crippen LogP) is 5.12. The van der Waals surface area contributed by atoms with Gasteiger partial charge in [0.25, 0.3) is 0 Å². The number of thioether (sulfide) groups is 1. The second kappa shape index (κ2) is 9.69. The molecular weight excluding hydrogens is 394 g/mol. The molecule has 3 rings (SSSR count). The van der Waals surface area contributed by atoms with Crippen molar-refractivity contribution in [3.05, 3.63) is 71.3 Å². The van der Waals surface area contributed by atoms with Crippen LogP contribution in [0, 0.1) is 0 Å². The van der Waals surface area contributed by atoms with Crippen molar-refractivity contribution in [2.24, 2.45) is 0 Å². The van der Waals surface area contributed by atoms with E-state index in [1.54, 1.807) is 23.6 Å². The van der Waals surface area contributed by atoms with Gasteiger partial charge in [0.1, 0.15) is 11.4 Å². The van der Waals surface area contributed by atoms with Crippen LogP contribution in [0.4, 0.5) is 0 Å². The van der Waals surface area contributed by atoms with E-state index < -0.39 is 6.04 Å². The van der Waals surface area contributed by atoms with Crippen LogP contribution >= 0.6 is 11.8 Å². The van der Waals surface area contributed by atoms with Gasteiger partial charge >= 0.3 is 5.97 Å². The van der Waals surface area contributed by atoms with Crippen LogP contribution in [0.15, 0.2) is 54.6 Å². The Morgan fingerprint density at radius 2 is 1.73 bits per heavy atom. The van der Waals surface area contributed by atoms with Gasteiger partial charge in [-0.25, -0.2) is 4.79 Å². The molecule has 160 valence electrons. The number of carbonyl (C=O) groups excluding carboxylic acids is 2. The first-order chi connectivity index (χ1) is 14.3. The van der Waals surface area contributed by atoms with Gasteiger partial charge in [0.2, 0.25) is 5.91 Å². The van der Waals surface area contributed by atoms with E-state index >= 15 is 0 Å². The minimum Gasteiger partial charge on any atom is -0.464 e. The molecule has 1 fully saturated rings. The first kappa shape index (κ1) is 22.4. The standard InChI is InChI=1S/C25H31NO3S/c1-5-29-24(28)21-17-30-23(19-12-14-20(15-13-19)25(2,3)4)26(21)22(27)16-11-18-9-7-6-8-10-18/h6-10,12-15,21,23H,5,11,16-17H2,1-4H3. The van der Waals surface area contributed by atoms with Crippen molar-refractivity contribution in [3.8, 4) is 0 Å². The van der Waals surface area contributed by atoms with E-state index in [2.05, 4.69) is 45.0 Å². The third-order valence-electron chi connectivity index (χ3n) is 5.38. The number of ether oxygens (including phenoxy) is 1. The highest BCUT2D eigenvalue weighted by atomic mass is 32.2. The molecule has 2 aromatic carbocycles. The van der Waals surface area contributed by atoms with Gasteiger partial charge in [-0.05, 0) is 35.4 Å². The monoisotopic (exact) mass is 425 g/mol. The lowest BCUT2D eigenvalue weighted by atomic mass is 9.86. The molecule has 2 unspecified atom stereocenters. The van der Waals surface area contributed by atoms with Crippen molar-refractivity contribution >= 4 is 23.6 Å². The largest absolute Gasteiger partial charge is 0.464 e. The van der Waals surface area contributed by atoms with Crippen molar-refractivity contribution in [2.75, 3.05) is 12.4 Å². The minimum absolute atomic E-state index is 0.00759. The van der Waals surface area contributed by atoms with E-state index in [0.29, 0.717) is 25.2 Å². The Hall–Kier alpha value is -2.27. The molecule has 0 radical (unpaired) electrons. The van der Waals surface area contributed by atoms with Gasteiger partial charge in [0.15, 0.2) is 0 Å². The van der Waals surface area contributed by atoms with Crippen LogP contribution in [0.3, 0.4) is 0 Å². The molecule has 1 aliphatic rings. The topological polar surface area (TPSA) is 46.6 Å². The lowest BCUT2D eigenvalue weighted by Gasteiger charge is -2.29. The first-order valence-corrected chi connectivity index (χ1v) is 11.6. The highest BCUT2D eigenvalue weighted by molar-refractivity contribution is 7.99. The molecule has 0 aromatic heterocycles. The van der Waals surface area contributed by atoms with Gasteiger partial charge < -0.3 is 9.64 Å². The summed E-state index contributed by atoms with van der Waals surface area (Å²) >= 11 is 1.63. The van der Waals surface area contributed by atoms with Crippen LogP contribution in [0.25, 0.3) is 0 Å². The Bertz CT molecular complexity index is 858. The summed E-state index contributed by atoms with van der Waals surface area (Å²) in [6.45, 7) is 8.66. The number of amides is 1. The number of esters is 1. The smallest absolute Gasteiger partial charge is 0.329 e. The van der Waals surface area contributed by atoms with Crippen LogP contribution in [0.2, 0.25) is 0 Å². The molecule has 1 saturated heterocycles. The highest BCUT2D eigenvalue weighted by Gasteiger charge is 2.42. The van der Waals surface area contributed by atoms with E-state index in [4.69, 9.17) is 4.74 Å². The molecule has 1 heterocycles. The van der Waals surface area contributed by atoms with Gasteiger partial charge in [-0.1, -0.05) is 75.4 Å². The molecule has 0 bridgehead atoms. The van der Waals surface area contributed by atoms with Crippen molar-refractivity contribution in [2.45, 2.75) is 57.4 Å². The van der Waals surface area contributed by atoms with Crippen molar-refractivity contribution in [1.82, 2.24) is 4.90 Å². The van der Waals surface area contributed by atoms with Gasteiger partial charge in [-0.3, -0.25) is 4.79 Å². The summed E-state index contributed by atoms with van der Waals surface area (Å²) in [5.74, 6) is 0.236. The molecular formula is C25H31NO3S. The van der Waals surface area contributed by atoms with Crippen LogP contribution < -0.4 is 0 Å². The lowest BCUT2D eigenvalue weighted by Crippen LogP contribution is -2.44. The van der Waals surface area contributed by atoms with Gasteiger partial charge in [-0.15, -0.1) is 11.8 Å². The molecule has 2 aromatic rings. The quantitative estimate of drug-likeness (QED) is 0.603. The Morgan fingerprint density at radius 1 is 1.07 bits per heavy atom. The fourth-order valence-corrected chi connectivity index (χ4v) is 5.10. The zero-order valence-corrected chi connectivity index (χ0v) is 19.1. The first-order valence-electron chi connectivity index (χ1n) is 10.5. The SMILES string of the molecule is CCOC(=O)C1CSC(c2ccc(C(C)(C)C)cc2)N1C(=O)CCc1ccccc1. The maximum atomic E-state index is 13.3. The van der Waals surface area contributed by atoms with E-state index in [0.717, 1.165) is 11.1 Å². The average molecular weight is 426 g/mol. The van der Waals surface area contributed by atoms with Crippen LogP contribution in [0.1, 0.15) is 56.2 Å². The number of hydrogen-bond acceptors (Lipinski definition) is 4. The summed E-state index contributed by atoms with van der Waals surface area (Å²) in [5, 5.41) is -0.170. The normalized spacial score (nSPS) is 19.0. The van der Waals surface area contributed by atoms with Gasteiger partial charge in [-0.2, -0.15) is 0 Å². The number of carbonyl (C=O) groups is 2. The Kier molecular flexibility index (Phi) is 7.24. The fourth-order valence-electron chi connectivity index (χ4n) is 3.66. The second-order valence-electron chi connectivity index (χ2n) is 8.61. The molecule has 4 nitrogen and oxygen atoms in total. The third-order valence-corrected chi connectivity index (χ3v) is 6.70. The molecule has 2 atom stereocenters. The Morgan fingerprint density at radius 3 is 2.33 bits per heavy atom. The van der Waals surface area contributed by atoms with Crippen molar-refractivity contribution in [1.29, 1.82) is 0 Å². The Labute approximate surface area is 184 Å². The van der Waals surface area contributed by atoms with E-state index in [9.17, 15) is 9.59 Å². The number of rotatable bonds is 6. The number of nitrogens with zero attached hydrogens (tertiary/aromatic N) is 1. The van der Waals surface area contributed by atoms with Crippen LogP contribution in [-0.4, -0.2) is 35.2 Å². The molecule has 0 N–H and O–H groups in total. The van der Waals surface area contributed by atoms with E-state index in [1.807, 2.05) is 30.3 Å². The summed E-state index contributed by atoms with van der Waals surface area (Å²) < 4.78 is 5.27. The molecule has 0 aliphatic carbocycles. The number of benzene rings is 2. The highest BCUT2D eigenvalue weighted by Crippen LogP contribution is 2.42. The summed E-state index contributed by atoms with van der Waals surface area (Å²) in [6.07, 6.45) is 1.03. The maximum absolute atomic E-state index is 13.3. The van der Waals surface area contributed by atoms with Crippen LogP contribution in [-0.2, 0) is 26.2 Å².